The average molecular weight is 172 g/mol. The molecule has 0 saturated heterocycles. The molecule has 0 amide bonds. The second kappa shape index (κ2) is 3.51. The molecule has 0 nitrogen and oxygen atoms in total. The Morgan fingerprint density at radius 2 is 1.75 bits per heavy atom. The van der Waals surface area contributed by atoms with Crippen molar-refractivity contribution in [3.63, 3.8) is 0 Å². The summed E-state index contributed by atoms with van der Waals surface area (Å²) in [6.45, 7) is 0. The van der Waals surface area contributed by atoms with E-state index in [4.69, 9.17) is 0 Å². The molecule has 0 saturated carbocycles. The van der Waals surface area contributed by atoms with Crippen molar-refractivity contribution in [2.45, 2.75) is 0 Å². The summed E-state index contributed by atoms with van der Waals surface area (Å²) in [4.78, 5) is 0. The van der Waals surface area contributed by atoms with E-state index in [9.17, 15) is 0 Å². The maximum absolute atomic E-state index is 2.16. The van der Waals surface area contributed by atoms with Gasteiger partial charge in [-0.1, -0.05) is 50.7 Å². The summed E-state index contributed by atoms with van der Waals surface area (Å²) in [5, 5.41) is 1.37. The zero-order chi connectivity index (χ0) is 8.23. The highest BCUT2D eigenvalue weighted by molar-refractivity contribution is 7.30. The summed E-state index contributed by atoms with van der Waals surface area (Å²) >= 11 is 0. The highest BCUT2D eigenvalue weighted by atomic mass is 31.0. The Labute approximate surface area is 74.0 Å². The third-order valence-electron chi connectivity index (χ3n) is 1.73. The number of hydrogen-bond donors (Lipinski definition) is 0. The molecule has 0 fully saturated rings. The van der Waals surface area contributed by atoms with Gasteiger partial charge < -0.3 is 0 Å². The smallest absolute Gasteiger partial charge is 0.00902 e. The van der Waals surface area contributed by atoms with E-state index in [2.05, 4.69) is 42.2 Å². The Morgan fingerprint density at radius 1 is 0.917 bits per heavy atom. The Morgan fingerprint density at radius 3 is 2.67 bits per heavy atom. The van der Waals surface area contributed by atoms with E-state index >= 15 is 0 Å². The van der Waals surface area contributed by atoms with Crippen molar-refractivity contribution >= 4 is 20.3 Å². The molecule has 1 aromatic heterocycles. The van der Waals surface area contributed by atoms with Gasteiger partial charge in [0.25, 0.3) is 0 Å². The third kappa shape index (κ3) is 1.54. The van der Waals surface area contributed by atoms with Crippen LogP contribution in [0.3, 0.4) is 0 Å². The lowest BCUT2D eigenvalue weighted by atomic mass is 10.2. The van der Waals surface area contributed by atoms with E-state index in [1.807, 2.05) is 12.2 Å². The first-order valence-electron chi connectivity index (χ1n) is 3.93. The minimum Gasteiger partial charge on any atom is -0.0678 e. The normalized spacial score (nSPS) is 14.3. The number of rotatable bonds is 0. The number of fused-ring (bicyclic) bond motifs is 1. The van der Waals surface area contributed by atoms with E-state index in [1.165, 1.54) is 19.1 Å². The van der Waals surface area contributed by atoms with Gasteiger partial charge in [-0.2, -0.15) is 0 Å². The molecule has 1 aromatic rings. The average Bonchev–Trinajstić information content (AvgIpc) is 2.06. The molecule has 0 bridgehead atoms. The first-order valence-corrected chi connectivity index (χ1v) is 4.89. The van der Waals surface area contributed by atoms with E-state index in [1.54, 1.807) is 0 Å². The minimum atomic E-state index is 1.29. The number of hydrogen-bond acceptors (Lipinski definition) is 0. The summed E-state index contributed by atoms with van der Waals surface area (Å²) in [5.41, 5.74) is 1.32. The molecule has 12 heavy (non-hydrogen) atoms. The van der Waals surface area contributed by atoms with Crippen molar-refractivity contribution in [3.8, 4) is 0 Å². The molecule has 58 valence electrons. The van der Waals surface area contributed by atoms with Crippen LogP contribution in [0.25, 0.3) is 12.2 Å². The van der Waals surface area contributed by atoms with Gasteiger partial charge in [-0.15, -0.1) is 0 Å². The van der Waals surface area contributed by atoms with Gasteiger partial charge in [0.2, 0.25) is 0 Å². The molecule has 0 N–H and O–H groups in total. The summed E-state index contributed by atoms with van der Waals surface area (Å²) in [6.07, 6.45) is 12.6. The first kappa shape index (κ1) is 7.52. The van der Waals surface area contributed by atoms with Crippen molar-refractivity contribution in [3.05, 3.63) is 53.1 Å². The molecule has 0 atom stereocenters. The van der Waals surface area contributed by atoms with Gasteiger partial charge >= 0.3 is 0 Å². The summed E-state index contributed by atoms with van der Waals surface area (Å²) in [5.74, 6) is 2.16. The molecule has 0 unspecified atom stereocenters. The molecule has 1 heteroatoms. The largest absolute Gasteiger partial charge is 0.0678 e. The summed E-state index contributed by atoms with van der Waals surface area (Å²) in [6, 6.07) is 4.25. The molecular weight excluding hydrogens is 163 g/mol. The van der Waals surface area contributed by atoms with Gasteiger partial charge in [0.1, 0.15) is 0 Å². The molecule has 1 aliphatic rings. The minimum absolute atomic E-state index is 1.29. The lowest BCUT2D eigenvalue weighted by Crippen LogP contribution is -1.75. The van der Waals surface area contributed by atoms with E-state index in [0.29, 0.717) is 0 Å². The van der Waals surface area contributed by atoms with Crippen LogP contribution < -0.4 is 0 Å². The molecule has 0 radical (unpaired) electrons. The number of allylic oxidation sites excluding steroid dienone is 4. The van der Waals surface area contributed by atoms with Crippen LogP contribution in [0.4, 0.5) is 0 Å². The summed E-state index contributed by atoms with van der Waals surface area (Å²) in [7, 11) is 1.29. The molecule has 1 aliphatic carbocycles. The van der Waals surface area contributed by atoms with Crippen molar-refractivity contribution < 1.29 is 0 Å². The van der Waals surface area contributed by atoms with Crippen LogP contribution in [0.1, 0.15) is 10.9 Å². The highest BCUT2D eigenvalue weighted by Crippen LogP contribution is 2.22. The van der Waals surface area contributed by atoms with Crippen molar-refractivity contribution in [1.82, 2.24) is 0 Å². The van der Waals surface area contributed by atoms with Crippen molar-refractivity contribution in [2.24, 2.45) is 0 Å². The quantitative estimate of drug-likeness (QED) is 0.557. The van der Waals surface area contributed by atoms with Crippen LogP contribution in [-0.4, -0.2) is 0 Å². The van der Waals surface area contributed by atoms with Gasteiger partial charge in [0.05, 0.1) is 0 Å². The zero-order valence-electron chi connectivity index (χ0n) is 6.64. The van der Waals surface area contributed by atoms with Gasteiger partial charge in [-0.05, 0) is 17.4 Å². The monoisotopic (exact) mass is 172 g/mol. The van der Waals surface area contributed by atoms with Crippen LogP contribution in [0.15, 0.2) is 42.2 Å². The topological polar surface area (TPSA) is 0 Å². The fraction of sp³-hybridized carbons (Fsp3) is 0. The molecule has 2 rings (SSSR count). The molecule has 0 aromatic carbocycles. The second-order valence-electron chi connectivity index (χ2n) is 2.58. The van der Waals surface area contributed by atoms with Gasteiger partial charge in [-0.25, -0.2) is 0 Å². The summed E-state index contributed by atoms with van der Waals surface area (Å²) < 4.78 is 0. The van der Waals surface area contributed by atoms with Gasteiger partial charge in [-0.3, -0.25) is 0 Å². The Balaban J connectivity index is 2.54. The molecular formula is C11H9P. The third-order valence-corrected chi connectivity index (χ3v) is 2.74. The van der Waals surface area contributed by atoms with Crippen LogP contribution in [0.5, 0.6) is 0 Å². The van der Waals surface area contributed by atoms with Crippen LogP contribution in [0.2, 0.25) is 0 Å². The maximum atomic E-state index is 2.16. The predicted octanol–water partition coefficient (Wildman–Crippen LogP) is 3.86. The van der Waals surface area contributed by atoms with Gasteiger partial charge in [0, 0.05) is 5.30 Å². The lowest BCUT2D eigenvalue weighted by Gasteiger charge is -1.99. The SMILES string of the molecule is C1=CC=Cc2pcccc2C=C1. The second-order valence-corrected chi connectivity index (χ2v) is 3.62. The van der Waals surface area contributed by atoms with Crippen LogP contribution >= 0.6 is 8.19 Å². The Hall–Kier alpha value is -1.13. The highest BCUT2D eigenvalue weighted by Gasteiger charge is 1.93. The van der Waals surface area contributed by atoms with E-state index in [-0.39, 0.29) is 0 Å². The Kier molecular flexibility index (Phi) is 2.20. The van der Waals surface area contributed by atoms with Crippen molar-refractivity contribution in [2.75, 3.05) is 0 Å². The maximum Gasteiger partial charge on any atom is 0.00902 e. The van der Waals surface area contributed by atoms with Crippen LogP contribution in [-0.2, 0) is 0 Å². The first-order chi connectivity index (χ1) is 5.97. The van der Waals surface area contributed by atoms with E-state index in [0.717, 1.165) is 0 Å². The fourth-order valence-electron chi connectivity index (χ4n) is 1.14. The lowest BCUT2D eigenvalue weighted by molar-refractivity contribution is 1.73. The Bertz CT molecular complexity index is 324. The van der Waals surface area contributed by atoms with E-state index < -0.39 is 0 Å². The van der Waals surface area contributed by atoms with Crippen molar-refractivity contribution in [1.29, 1.82) is 0 Å². The molecule has 0 spiro atoms. The van der Waals surface area contributed by atoms with Gasteiger partial charge in [0.15, 0.2) is 0 Å². The fourth-order valence-corrected chi connectivity index (χ4v) is 1.95. The standard InChI is InChI=1S/C11H9P/c1-2-4-8-11-10(6-3-1)7-5-9-12-11/h1-9H. The molecule has 1 heterocycles. The predicted molar refractivity (Wildman–Crippen MR) is 56.2 cm³/mol. The van der Waals surface area contributed by atoms with Crippen LogP contribution in [0, 0.1) is 0 Å². The zero-order valence-corrected chi connectivity index (χ0v) is 7.54. The molecule has 0 aliphatic heterocycles.